The number of cyclic esters (lactones) is 1. The van der Waals surface area contributed by atoms with E-state index < -0.39 is 58.0 Å². The van der Waals surface area contributed by atoms with Gasteiger partial charge >= 0.3 is 11.9 Å². The number of carbonyl (C=O) groups excluding carboxylic acids is 4. The first-order chi connectivity index (χ1) is 13.5. The van der Waals surface area contributed by atoms with Crippen LogP contribution in [-0.2, 0) is 28.7 Å². The van der Waals surface area contributed by atoms with Crippen LogP contribution in [0.3, 0.4) is 0 Å². The van der Waals surface area contributed by atoms with Gasteiger partial charge in [-0.2, -0.15) is 0 Å². The number of carbonyl (C=O) groups is 4. The molecule has 7 nitrogen and oxygen atoms in total. The molecule has 1 heterocycles. The highest BCUT2D eigenvalue weighted by molar-refractivity contribution is 6.15. The van der Waals surface area contributed by atoms with E-state index in [2.05, 4.69) is 6.58 Å². The Balaban J connectivity index is 1.96. The molecular weight excluding hydrogens is 376 g/mol. The van der Waals surface area contributed by atoms with Crippen molar-refractivity contribution in [3.05, 3.63) is 12.2 Å². The van der Waals surface area contributed by atoms with Crippen LogP contribution < -0.4 is 0 Å². The predicted molar refractivity (Wildman–Crippen MR) is 100 cm³/mol. The third-order valence-corrected chi connectivity index (χ3v) is 8.11. The highest BCUT2D eigenvalue weighted by Crippen LogP contribution is 2.68. The first kappa shape index (κ1) is 20.3. The van der Waals surface area contributed by atoms with E-state index in [1.165, 1.54) is 6.92 Å². The van der Waals surface area contributed by atoms with Gasteiger partial charge in [-0.05, 0) is 42.6 Å². The smallest absolute Gasteiger partial charge is 0.320 e. The number of allylic oxidation sites excluding steroid dienone is 1. The molecule has 158 valence electrons. The molecule has 7 heteroatoms. The quantitative estimate of drug-likeness (QED) is 0.322. The summed E-state index contributed by atoms with van der Waals surface area (Å²) in [4.78, 5) is 50.7. The monoisotopic (exact) mass is 404 g/mol. The SMILES string of the molecule is C=C1C(=O)[C@]23C[C@H]1C[C@@H](O)[C@H]2[C@]1(COC3=O)[C@@H](OC(C)=O)CCC(C)(C)[C@H]1C=O. The molecular formula is C22H28O7. The summed E-state index contributed by atoms with van der Waals surface area (Å²) in [5, 5.41) is 11.2. The fraction of sp³-hybridized carbons (Fsp3) is 0.727. The van der Waals surface area contributed by atoms with Crippen LogP contribution in [0.25, 0.3) is 0 Å². The lowest BCUT2D eigenvalue weighted by atomic mass is 9.43. The number of aliphatic hydroxyl groups is 1. The van der Waals surface area contributed by atoms with Gasteiger partial charge in [-0.3, -0.25) is 14.4 Å². The summed E-state index contributed by atoms with van der Waals surface area (Å²) in [6.45, 7) is 8.92. The molecule has 0 aromatic heterocycles. The Bertz CT molecular complexity index is 814. The van der Waals surface area contributed by atoms with E-state index in [-0.39, 0.29) is 18.9 Å². The summed E-state index contributed by atoms with van der Waals surface area (Å²) in [6, 6.07) is 0. The van der Waals surface area contributed by atoms with Crippen molar-refractivity contribution < 1.29 is 33.8 Å². The minimum atomic E-state index is -1.56. The average molecular weight is 404 g/mol. The number of rotatable bonds is 2. The topological polar surface area (TPSA) is 107 Å². The van der Waals surface area contributed by atoms with E-state index in [1.54, 1.807) is 0 Å². The number of fused-ring (bicyclic) bond motifs is 2. The van der Waals surface area contributed by atoms with E-state index in [1.807, 2.05) is 13.8 Å². The minimum absolute atomic E-state index is 0.162. The van der Waals surface area contributed by atoms with Crippen LogP contribution in [0.5, 0.6) is 0 Å². The van der Waals surface area contributed by atoms with Gasteiger partial charge in [-0.1, -0.05) is 20.4 Å². The van der Waals surface area contributed by atoms with Crippen LogP contribution >= 0.6 is 0 Å². The fourth-order valence-corrected chi connectivity index (χ4v) is 6.97. The van der Waals surface area contributed by atoms with E-state index in [0.29, 0.717) is 24.8 Å². The van der Waals surface area contributed by atoms with E-state index in [0.717, 1.165) is 6.29 Å². The molecule has 1 N–H and O–H groups in total. The van der Waals surface area contributed by atoms with Gasteiger partial charge in [-0.15, -0.1) is 0 Å². The molecule has 29 heavy (non-hydrogen) atoms. The summed E-state index contributed by atoms with van der Waals surface area (Å²) >= 11 is 0. The second kappa shape index (κ2) is 6.24. The first-order valence-electron chi connectivity index (χ1n) is 10.2. The highest BCUT2D eigenvalue weighted by atomic mass is 16.6. The number of ketones is 1. The van der Waals surface area contributed by atoms with E-state index in [9.17, 15) is 24.3 Å². The summed E-state index contributed by atoms with van der Waals surface area (Å²) in [5.74, 6) is -3.36. The molecule has 0 aromatic carbocycles. The second-order valence-electron chi connectivity index (χ2n) is 9.94. The number of ether oxygens (including phenoxy) is 2. The molecule has 0 unspecified atom stereocenters. The van der Waals surface area contributed by atoms with Crippen LogP contribution in [-0.4, -0.2) is 47.9 Å². The maximum atomic E-state index is 13.3. The summed E-state index contributed by atoms with van der Waals surface area (Å²) < 4.78 is 11.3. The Labute approximate surface area is 169 Å². The molecule has 4 aliphatic rings. The third kappa shape index (κ3) is 2.39. The summed E-state index contributed by atoms with van der Waals surface area (Å²) in [6.07, 6.45) is 0.715. The van der Waals surface area contributed by atoms with Gasteiger partial charge in [-0.25, -0.2) is 0 Å². The third-order valence-electron chi connectivity index (χ3n) is 8.11. The van der Waals surface area contributed by atoms with Gasteiger partial charge in [0.05, 0.1) is 11.5 Å². The van der Waals surface area contributed by atoms with Crippen LogP contribution in [0.2, 0.25) is 0 Å². The van der Waals surface area contributed by atoms with Gasteiger partial charge in [0.1, 0.15) is 24.4 Å². The number of hydrogen-bond donors (Lipinski definition) is 1. The standard InChI is InChI=1S/C22H28O7/c1-11-13-7-14(25)17-21(8-13,18(11)26)19(27)28-10-22(17)15(9-23)20(3,4)6-5-16(22)29-12(2)24/h9,13-17,25H,1,5-8,10H2,2-4H3/t13-,14-,15-,16+,17-,21+,22+/m1/s1. The lowest BCUT2D eigenvalue weighted by molar-refractivity contribution is -0.253. The average Bonchev–Trinajstić information content (AvgIpc) is 2.83. The molecule has 0 amide bonds. The normalized spacial score (nSPS) is 45.5. The van der Waals surface area contributed by atoms with Gasteiger partial charge in [0.15, 0.2) is 5.78 Å². The molecule has 0 aromatic rings. The minimum Gasteiger partial charge on any atom is -0.464 e. The Kier molecular flexibility index (Phi) is 4.36. The van der Waals surface area contributed by atoms with Crippen molar-refractivity contribution in [2.45, 2.75) is 58.7 Å². The molecule has 2 spiro atoms. The number of aldehydes is 1. The van der Waals surface area contributed by atoms with Crippen LogP contribution in [0.1, 0.15) is 46.5 Å². The molecule has 1 aliphatic heterocycles. The fourth-order valence-electron chi connectivity index (χ4n) is 6.97. The maximum absolute atomic E-state index is 13.3. The van der Waals surface area contributed by atoms with Gasteiger partial charge < -0.3 is 19.4 Å². The van der Waals surface area contributed by atoms with Gasteiger partial charge in [0.2, 0.25) is 0 Å². The van der Waals surface area contributed by atoms with Crippen LogP contribution in [0.4, 0.5) is 0 Å². The van der Waals surface area contributed by atoms with Crippen molar-refractivity contribution in [3.8, 4) is 0 Å². The zero-order valence-corrected chi connectivity index (χ0v) is 17.1. The van der Waals surface area contributed by atoms with Gasteiger partial charge in [0.25, 0.3) is 0 Å². The maximum Gasteiger partial charge on any atom is 0.320 e. The van der Waals surface area contributed by atoms with Crippen molar-refractivity contribution in [2.24, 2.45) is 34.0 Å². The lowest BCUT2D eigenvalue weighted by Crippen LogP contribution is -2.71. The zero-order chi connectivity index (χ0) is 21.4. The number of hydrogen-bond acceptors (Lipinski definition) is 7. The number of aliphatic hydroxyl groups excluding tert-OH is 1. The molecule has 4 fully saturated rings. The predicted octanol–water partition coefficient (Wildman–Crippen LogP) is 1.61. The molecule has 2 bridgehead atoms. The first-order valence-corrected chi connectivity index (χ1v) is 10.2. The molecule has 0 radical (unpaired) electrons. The second-order valence-corrected chi connectivity index (χ2v) is 9.94. The van der Waals surface area contributed by atoms with Crippen molar-refractivity contribution in [1.29, 1.82) is 0 Å². The van der Waals surface area contributed by atoms with Crippen LogP contribution in [0.15, 0.2) is 12.2 Å². The molecule has 3 aliphatic carbocycles. The van der Waals surface area contributed by atoms with Gasteiger partial charge in [0, 0.05) is 18.8 Å². The Hall–Kier alpha value is -2.02. The Morgan fingerprint density at radius 2 is 2.03 bits per heavy atom. The van der Waals surface area contributed by atoms with Crippen LogP contribution in [0, 0.1) is 34.0 Å². The lowest BCUT2D eigenvalue weighted by Gasteiger charge is -2.62. The number of esters is 2. The van der Waals surface area contributed by atoms with Crippen molar-refractivity contribution >= 4 is 24.0 Å². The Morgan fingerprint density at radius 1 is 1.34 bits per heavy atom. The van der Waals surface area contributed by atoms with E-state index in [4.69, 9.17) is 9.47 Å². The molecule has 7 atom stereocenters. The number of Topliss-reactive ketones (excluding diaryl/α,β-unsaturated/α-hetero) is 1. The molecule has 3 saturated carbocycles. The van der Waals surface area contributed by atoms with Crippen molar-refractivity contribution in [3.63, 3.8) is 0 Å². The van der Waals surface area contributed by atoms with E-state index >= 15 is 0 Å². The zero-order valence-electron chi connectivity index (χ0n) is 17.1. The van der Waals surface area contributed by atoms with Crippen molar-refractivity contribution in [1.82, 2.24) is 0 Å². The molecule has 4 rings (SSSR count). The summed E-state index contributed by atoms with van der Waals surface area (Å²) in [5.41, 5.74) is -2.86. The van der Waals surface area contributed by atoms with Crippen molar-refractivity contribution in [2.75, 3.05) is 6.61 Å². The molecule has 1 saturated heterocycles. The summed E-state index contributed by atoms with van der Waals surface area (Å²) in [7, 11) is 0. The Morgan fingerprint density at radius 3 is 2.66 bits per heavy atom. The largest absolute Gasteiger partial charge is 0.464 e. The highest BCUT2D eigenvalue weighted by Gasteiger charge is 2.76.